The average molecular weight is 554 g/mol. The molecule has 39 heavy (non-hydrogen) atoms. The number of benzene rings is 1. The Labute approximate surface area is 227 Å². The van der Waals surface area contributed by atoms with E-state index in [1.165, 1.54) is 37.8 Å². The Hall–Kier alpha value is -3.51. The molecule has 12 heteroatoms. The smallest absolute Gasteiger partial charge is 0.261 e. The zero-order chi connectivity index (χ0) is 26.9. The van der Waals surface area contributed by atoms with Gasteiger partial charge in [-0.1, -0.05) is 11.3 Å². The van der Waals surface area contributed by atoms with Gasteiger partial charge in [-0.05, 0) is 37.8 Å². The number of anilines is 2. The van der Waals surface area contributed by atoms with Crippen molar-refractivity contribution < 1.29 is 28.2 Å². The van der Waals surface area contributed by atoms with E-state index in [2.05, 4.69) is 20.5 Å². The number of nitrogens with one attached hydrogen (secondary N) is 2. The van der Waals surface area contributed by atoms with Crippen molar-refractivity contribution in [2.45, 2.75) is 43.3 Å². The minimum absolute atomic E-state index is 0.221. The molecule has 2 N–H and O–H groups in total. The number of carbonyl (C=O) groups excluding carboxylic acids is 2. The summed E-state index contributed by atoms with van der Waals surface area (Å²) in [7, 11) is 2.97. The predicted octanol–water partition coefficient (Wildman–Crippen LogP) is 3.56. The molecular formula is C27H28FN5O5S. The molecule has 3 aliphatic carbocycles. The van der Waals surface area contributed by atoms with Crippen LogP contribution in [-0.2, 0) is 4.74 Å². The van der Waals surface area contributed by atoms with Crippen LogP contribution < -0.4 is 25.0 Å². The monoisotopic (exact) mass is 553 g/mol. The first kappa shape index (κ1) is 24.5. The molecule has 1 aromatic carbocycles. The number of pyridine rings is 1. The summed E-state index contributed by atoms with van der Waals surface area (Å²) in [6.07, 6.45) is 4.37. The van der Waals surface area contributed by atoms with E-state index in [1.54, 1.807) is 6.07 Å². The third-order valence-electron chi connectivity index (χ3n) is 8.51. The van der Waals surface area contributed by atoms with Gasteiger partial charge in [0.2, 0.25) is 5.88 Å². The molecule has 2 saturated heterocycles. The van der Waals surface area contributed by atoms with E-state index >= 15 is 0 Å². The fraction of sp³-hybridized carbons (Fsp3) is 0.481. The van der Waals surface area contributed by atoms with Crippen LogP contribution in [0.5, 0.6) is 11.6 Å². The molecule has 2 unspecified atom stereocenters. The Balaban J connectivity index is 1.19. The molecule has 5 aliphatic rings. The van der Waals surface area contributed by atoms with E-state index in [9.17, 15) is 14.0 Å². The summed E-state index contributed by atoms with van der Waals surface area (Å²) in [4.78, 5) is 38.4. The second kappa shape index (κ2) is 8.75. The molecule has 10 nitrogen and oxygen atoms in total. The molecule has 2 amide bonds. The van der Waals surface area contributed by atoms with E-state index < -0.39 is 5.91 Å². The van der Waals surface area contributed by atoms with E-state index in [0.29, 0.717) is 66.1 Å². The van der Waals surface area contributed by atoms with Crippen LogP contribution in [0.2, 0.25) is 0 Å². The quantitative estimate of drug-likeness (QED) is 0.435. The molecule has 0 radical (unpaired) electrons. The highest BCUT2D eigenvalue weighted by Crippen LogP contribution is 2.67. The minimum Gasteiger partial charge on any atom is -0.496 e. The standard InChI is InChI=1S/C27H28FN5O5S/c1-36-19-4-3-17-22(39-25(31-17)33-14-5-15(33)9-38-8-14)21(19)24(35)30-18-7-29-20(37-2)6-16(18)23(34)32-27-10-26(11-27,12-27)13-28/h3-4,6-7,14-15H,5,8-13H2,1-2H3,(H,30,35)(H,32,34). The van der Waals surface area contributed by atoms with Crippen LogP contribution in [0.1, 0.15) is 46.4 Å². The molecule has 204 valence electrons. The maximum atomic E-state index is 13.8. The summed E-state index contributed by atoms with van der Waals surface area (Å²) in [5, 5.41) is 6.78. The van der Waals surface area contributed by atoms with Crippen LogP contribution in [0.4, 0.5) is 15.2 Å². The van der Waals surface area contributed by atoms with Gasteiger partial charge in [-0.25, -0.2) is 9.97 Å². The summed E-state index contributed by atoms with van der Waals surface area (Å²) in [5.41, 5.74) is 0.845. The van der Waals surface area contributed by atoms with Gasteiger partial charge in [-0.3, -0.25) is 14.0 Å². The SMILES string of the molecule is COc1cc(C(=O)NC23CC(CF)(C2)C3)c(NC(=O)c2c(OC)ccc3nc(N4C5COCC4C5)sc23)cn1. The first-order chi connectivity index (χ1) is 18.9. The van der Waals surface area contributed by atoms with E-state index in [0.717, 1.165) is 11.6 Å². The number of aromatic nitrogens is 2. The number of hydrogen-bond donors (Lipinski definition) is 2. The molecular weight excluding hydrogens is 525 g/mol. The third kappa shape index (κ3) is 3.75. The molecule has 8 rings (SSSR count). The number of carbonyl (C=O) groups is 2. The topological polar surface area (TPSA) is 115 Å². The lowest BCUT2D eigenvalue weighted by molar-refractivity contribution is -0.158. The van der Waals surface area contributed by atoms with Crippen LogP contribution >= 0.6 is 11.3 Å². The Morgan fingerprint density at radius 1 is 1.18 bits per heavy atom. The number of thiazole rings is 1. The van der Waals surface area contributed by atoms with Gasteiger partial charge < -0.3 is 29.7 Å². The number of morpholine rings is 1. The number of fused-ring (bicyclic) bond motifs is 3. The van der Waals surface area contributed by atoms with Crippen LogP contribution in [0.15, 0.2) is 24.4 Å². The largest absolute Gasteiger partial charge is 0.496 e. The van der Waals surface area contributed by atoms with Crippen molar-refractivity contribution in [1.29, 1.82) is 0 Å². The van der Waals surface area contributed by atoms with Gasteiger partial charge in [-0.15, -0.1) is 0 Å². The van der Waals surface area contributed by atoms with Crippen LogP contribution in [0.3, 0.4) is 0 Å². The second-order valence-corrected chi connectivity index (χ2v) is 12.1. The van der Waals surface area contributed by atoms with E-state index in [-0.39, 0.29) is 40.7 Å². The molecule has 2 aromatic heterocycles. The normalized spacial score (nSPS) is 28.1. The van der Waals surface area contributed by atoms with Crippen molar-refractivity contribution in [2.75, 3.05) is 44.3 Å². The zero-order valence-electron chi connectivity index (χ0n) is 21.6. The van der Waals surface area contributed by atoms with Gasteiger partial charge in [0.15, 0.2) is 5.13 Å². The first-order valence-electron chi connectivity index (χ1n) is 12.9. The van der Waals surface area contributed by atoms with Crippen LogP contribution in [0.25, 0.3) is 10.2 Å². The van der Waals surface area contributed by atoms with Crippen molar-refractivity contribution in [1.82, 2.24) is 15.3 Å². The number of nitrogens with zero attached hydrogens (tertiary/aromatic N) is 3. The fourth-order valence-corrected chi connectivity index (χ4v) is 7.95. The van der Waals surface area contributed by atoms with Gasteiger partial charge >= 0.3 is 0 Å². The van der Waals surface area contributed by atoms with Crippen molar-refractivity contribution in [3.05, 3.63) is 35.5 Å². The van der Waals surface area contributed by atoms with E-state index in [1.807, 2.05) is 6.07 Å². The number of amides is 2. The van der Waals surface area contributed by atoms with Gasteiger partial charge in [0, 0.05) is 17.0 Å². The van der Waals surface area contributed by atoms with Gasteiger partial charge in [0.05, 0.1) is 73.9 Å². The maximum absolute atomic E-state index is 13.8. The Bertz CT molecular complexity index is 1480. The van der Waals surface area contributed by atoms with Crippen molar-refractivity contribution in [2.24, 2.45) is 5.41 Å². The lowest BCUT2D eigenvalue weighted by Crippen LogP contribution is -2.75. The summed E-state index contributed by atoms with van der Waals surface area (Å²) in [5.74, 6) is -0.162. The third-order valence-corrected chi connectivity index (χ3v) is 9.61. The number of methoxy groups -OCH3 is 2. The Morgan fingerprint density at radius 3 is 2.62 bits per heavy atom. The number of rotatable bonds is 8. The fourth-order valence-electron chi connectivity index (χ4n) is 6.71. The number of halogens is 1. The summed E-state index contributed by atoms with van der Waals surface area (Å²) in [6.45, 7) is 0.984. The summed E-state index contributed by atoms with van der Waals surface area (Å²) >= 11 is 1.45. The lowest BCUT2D eigenvalue weighted by Gasteiger charge is -2.69. The summed E-state index contributed by atoms with van der Waals surface area (Å²) in [6, 6.07) is 5.67. The highest BCUT2D eigenvalue weighted by atomic mass is 32.1. The van der Waals surface area contributed by atoms with Gasteiger partial charge in [0.1, 0.15) is 11.3 Å². The highest BCUT2D eigenvalue weighted by molar-refractivity contribution is 7.22. The molecule has 0 spiro atoms. The van der Waals surface area contributed by atoms with Gasteiger partial charge in [-0.2, -0.15) is 0 Å². The molecule has 2 atom stereocenters. The number of ether oxygens (including phenoxy) is 3. The molecule has 3 aromatic rings. The van der Waals surface area contributed by atoms with Gasteiger partial charge in [0.25, 0.3) is 11.8 Å². The predicted molar refractivity (Wildman–Crippen MR) is 143 cm³/mol. The molecule has 3 saturated carbocycles. The molecule has 4 bridgehead atoms. The Morgan fingerprint density at radius 2 is 1.95 bits per heavy atom. The van der Waals surface area contributed by atoms with Crippen molar-refractivity contribution in [3.8, 4) is 11.6 Å². The average Bonchev–Trinajstić information content (AvgIpc) is 3.32. The minimum atomic E-state index is -0.442. The molecule has 2 aliphatic heterocycles. The first-order valence-corrected chi connectivity index (χ1v) is 13.8. The lowest BCUT2D eigenvalue weighted by atomic mass is 9.40. The number of hydrogen-bond acceptors (Lipinski definition) is 9. The highest BCUT2D eigenvalue weighted by Gasteiger charge is 2.68. The van der Waals surface area contributed by atoms with Crippen molar-refractivity contribution in [3.63, 3.8) is 0 Å². The van der Waals surface area contributed by atoms with E-state index in [4.69, 9.17) is 19.2 Å². The Kier molecular flexibility index (Phi) is 5.50. The maximum Gasteiger partial charge on any atom is 0.261 e. The number of alkyl halides is 1. The van der Waals surface area contributed by atoms with Crippen LogP contribution in [0, 0.1) is 5.41 Å². The molecule has 5 fully saturated rings. The second-order valence-electron chi connectivity index (χ2n) is 11.1. The summed E-state index contributed by atoms with van der Waals surface area (Å²) < 4.78 is 30.4. The molecule has 4 heterocycles. The van der Waals surface area contributed by atoms with Crippen molar-refractivity contribution >= 4 is 44.2 Å². The zero-order valence-corrected chi connectivity index (χ0v) is 22.4. The van der Waals surface area contributed by atoms with Crippen LogP contribution in [-0.4, -0.2) is 73.5 Å².